The number of hydrogen-bond acceptors (Lipinski definition) is 2. The van der Waals surface area contributed by atoms with Gasteiger partial charge in [0.15, 0.2) is 0 Å². The largest absolute Gasteiger partial charge is 0.308 e. The Balaban J connectivity index is 1.35. The fraction of sp³-hybridized carbons (Fsp3) is 0.121. The lowest BCUT2D eigenvalue weighted by atomic mass is 9.83. The lowest BCUT2D eigenvalue weighted by Crippen LogP contribution is -2.26. The zero-order valence-electron chi connectivity index (χ0n) is 19.3. The van der Waals surface area contributed by atoms with E-state index in [1.54, 1.807) is 0 Å². The second-order valence-corrected chi connectivity index (χ2v) is 10.3. The average molecular weight is 447 g/mol. The van der Waals surface area contributed by atoms with Crippen LogP contribution in [0.2, 0.25) is 0 Å². The maximum atomic E-state index is 4.83. The molecule has 0 saturated carbocycles. The lowest BCUT2D eigenvalue weighted by Gasteiger charge is -2.40. The number of pyridine rings is 1. The zero-order valence-corrected chi connectivity index (χ0v) is 19.3. The van der Waals surface area contributed by atoms with E-state index in [1.807, 2.05) is 6.20 Å². The van der Waals surface area contributed by atoms with Crippen LogP contribution in [0.5, 0.6) is 0 Å². The van der Waals surface area contributed by atoms with Crippen LogP contribution in [0.4, 0.5) is 17.1 Å². The first kappa shape index (κ1) is 18.2. The van der Waals surface area contributed by atoms with E-state index in [0.29, 0.717) is 0 Å². The number of para-hydroxylation sites is 1. The topological polar surface area (TPSA) is 16.1 Å². The third kappa shape index (κ3) is 2.23. The summed E-state index contributed by atoms with van der Waals surface area (Å²) in [5, 5.41) is 0. The summed E-state index contributed by atoms with van der Waals surface area (Å²) in [5.74, 6) is 0. The number of aromatic nitrogens is 1. The van der Waals surface area contributed by atoms with Gasteiger partial charge in [-0.15, -0.1) is 0 Å². The molecule has 2 nitrogen and oxygen atoms in total. The molecule has 0 N–H and O–H groups in total. The quantitative estimate of drug-likeness (QED) is 0.240. The van der Waals surface area contributed by atoms with E-state index in [2.05, 4.69) is 83.8 Å². The van der Waals surface area contributed by atoms with Gasteiger partial charge in [0.25, 0.3) is 0 Å². The van der Waals surface area contributed by atoms with Gasteiger partial charge in [0, 0.05) is 24.7 Å². The molecule has 4 aromatic carbocycles. The molecule has 0 amide bonds. The molecule has 0 unspecified atom stereocenters. The van der Waals surface area contributed by atoms with Crippen LogP contribution in [0.15, 0.2) is 85.1 Å². The van der Waals surface area contributed by atoms with Crippen molar-refractivity contribution in [2.45, 2.75) is 25.7 Å². The van der Waals surface area contributed by atoms with Crippen molar-refractivity contribution in [2.24, 2.45) is 0 Å². The SMILES string of the molecule is c1ccc2c(c1)Cc1ccc3c(c1-2)-c1cc2c4c(c1C3)Cc1ccccc1N4c1cccnc1C2. The molecule has 35 heavy (non-hydrogen) atoms. The molecule has 3 heterocycles. The highest BCUT2D eigenvalue weighted by atomic mass is 15.2. The van der Waals surface area contributed by atoms with Crippen LogP contribution >= 0.6 is 0 Å². The van der Waals surface area contributed by atoms with E-state index < -0.39 is 0 Å². The van der Waals surface area contributed by atoms with Crippen molar-refractivity contribution in [2.75, 3.05) is 4.90 Å². The maximum Gasteiger partial charge on any atom is 0.0688 e. The molecule has 164 valence electrons. The standard InChI is InChI=1S/C33H22N2/c1-3-8-24-19(6-1)14-21-11-12-22-16-25-26(32(22)31(21)24)17-23-18-28-30(10-5-13-34-28)35-29-9-4-2-7-20(29)15-27(25)33(23)35/h1-13,17H,14-16,18H2. The number of anilines is 3. The van der Waals surface area contributed by atoms with Gasteiger partial charge < -0.3 is 4.90 Å². The highest BCUT2D eigenvalue weighted by Crippen LogP contribution is 2.56. The Bertz CT molecular complexity index is 1750. The molecule has 2 aliphatic heterocycles. The normalized spacial score (nSPS) is 14.9. The van der Waals surface area contributed by atoms with Gasteiger partial charge in [-0.1, -0.05) is 54.6 Å². The van der Waals surface area contributed by atoms with E-state index >= 15 is 0 Å². The van der Waals surface area contributed by atoms with Crippen molar-refractivity contribution in [1.29, 1.82) is 0 Å². The maximum absolute atomic E-state index is 4.83. The van der Waals surface area contributed by atoms with Crippen molar-refractivity contribution in [1.82, 2.24) is 4.98 Å². The first-order chi connectivity index (χ1) is 17.3. The predicted octanol–water partition coefficient (Wildman–Crippen LogP) is 7.50. The summed E-state index contributed by atoms with van der Waals surface area (Å²) in [6, 6.07) is 29.5. The molecule has 5 aromatic rings. The summed E-state index contributed by atoms with van der Waals surface area (Å²) >= 11 is 0. The molecular weight excluding hydrogens is 424 g/mol. The third-order valence-electron chi connectivity index (χ3n) is 8.57. The van der Waals surface area contributed by atoms with E-state index in [0.717, 1.165) is 25.7 Å². The third-order valence-corrected chi connectivity index (χ3v) is 8.57. The van der Waals surface area contributed by atoms with Gasteiger partial charge in [0.1, 0.15) is 0 Å². The van der Waals surface area contributed by atoms with E-state index in [1.165, 1.54) is 84.0 Å². The number of fused-ring (bicyclic) bond motifs is 12. The Labute approximate surface area is 204 Å². The Morgan fingerprint density at radius 1 is 0.543 bits per heavy atom. The van der Waals surface area contributed by atoms with Crippen LogP contribution in [-0.2, 0) is 25.7 Å². The number of benzene rings is 4. The second-order valence-electron chi connectivity index (χ2n) is 10.3. The van der Waals surface area contributed by atoms with E-state index in [4.69, 9.17) is 4.98 Å². The van der Waals surface area contributed by atoms with Gasteiger partial charge in [0.2, 0.25) is 0 Å². The molecular formula is C33H22N2. The monoisotopic (exact) mass is 446 g/mol. The van der Waals surface area contributed by atoms with Crippen molar-refractivity contribution < 1.29 is 0 Å². The highest BCUT2D eigenvalue weighted by Gasteiger charge is 2.37. The fourth-order valence-corrected chi connectivity index (χ4v) is 7.16. The van der Waals surface area contributed by atoms with Gasteiger partial charge >= 0.3 is 0 Å². The highest BCUT2D eigenvalue weighted by molar-refractivity contribution is 5.99. The van der Waals surface area contributed by atoms with Crippen LogP contribution in [0.3, 0.4) is 0 Å². The predicted molar refractivity (Wildman–Crippen MR) is 141 cm³/mol. The van der Waals surface area contributed by atoms with Crippen LogP contribution in [-0.4, -0.2) is 4.98 Å². The van der Waals surface area contributed by atoms with Crippen LogP contribution in [0.25, 0.3) is 22.3 Å². The molecule has 1 aromatic heterocycles. The van der Waals surface area contributed by atoms with Crippen molar-refractivity contribution in [3.05, 3.63) is 130 Å². The van der Waals surface area contributed by atoms with Crippen LogP contribution < -0.4 is 4.90 Å². The van der Waals surface area contributed by atoms with Gasteiger partial charge in [-0.3, -0.25) is 4.98 Å². The number of nitrogens with zero attached hydrogens (tertiary/aromatic N) is 2. The molecule has 0 radical (unpaired) electrons. The molecule has 9 rings (SSSR count). The average Bonchev–Trinajstić information content (AvgIpc) is 3.46. The summed E-state index contributed by atoms with van der Waals surface area (Å²) in [7, 11) is 0. The van der Waals surface area contributed by atoms with Crippen molar-refractivity contribution in [3.63, 3.8) is 0 Å². The lowest BCUT2D eigenvalue weighted by molar-refractivity contribution is 0.961. The summed E-state index contributed by atoms with van der Waals surface area (Å²) in [5.41, 5.74) is 21.3. The van der Waals surface area contributed by atoms with Gasteiger partial charge in [0.05, 0.1) is 17.1 Å². The molecule has 2 heteroatoms. The number of rotatable bonds is 0. The van der Waals surface area contributed by atoms with E-state index in [-0.39, 0.29) is 0 Å². The van der Waals surface area contributed by atoms with Gasteiger partial charge in [-0.25, -0.2) is 0 Å². The first-order valence-corrected chi connectivity index (χ1v) is 12.6. The Hall–Kier alpha value is -4.17. The van der Waals surface area contributed by atoms with Gasteiger partial charge in [-0.2, -0.15) is 0 Å². The minimum atomic E-state index is 0.894. The summed E-state index contributed by atoms with van der Waals surface area (Å²) in [4.78, 5) is 7.33. The van der Waals surface area contributed by atoms with Crippen molar-refractivity contribution in [3.8, 4) is 22.3 Å². The summed E-state index contributed by atoms with van der Waals surface area (Å²) < 4.78 is 0. The van der Waals surface area contributed by atoms with Crippen LogP contribution in [0, 0.1) is 0 Å². The molecule has 0 atom stereocenters. The Morgan fingerprint density at radius 2 is 1.29 bits per heavy atom. The Kier molecular flexibility index (Phi) is 3.27. The van der Waals surface area contributed by atoms with Crippen molar-refractivity contribution >= 4 is 17.1 Å². The molecule has 0 spiro atoms. The zero-order chi connectivity index (χ0) is 22.7. The molecule has 2 aliphatic carbocycles. The van der Waals surface area contributed by atoms with Crippen LogP contribution in [0.1, 0.15) is 44.6 Å². The summed E-state index contributed by atoms with van der Waals surface area (Å²) in [6.07, 6.45) is 5.90. The minimum absolute atomic E-state index is 0.894. The fourth-order valence-electron chi connectivity index (χ4n) is 7.16. The molecule has 0 fully saturated rings. The molecule has 0 bridgehead atoms. The first-order valence-electron chi connectivity index (χ1n) is 12.6. The smallest absolute Gasteiger partial charge is 0.0688 e. The van der Waals surface area contributed by atoms with E-state index in [9.17, 15) is 0 Å². The summed E-state index contributed by atoms with van der Waals surface area (Å²) in [6.45, 7) is 0. The van der Waals surface area contributed by atoms with Gasteiger partial charge in [-0.05, 0) is 98.3 Å². The second kappa shape index (κ2) is 6.28. The minimum Gasteiger partial charge on any atom is -0.308 e. The number of hydrogen-bond donors (Lipinski definition) is 0. The molecule has 4 aliphatic rings. The Morgan fingerprint density at radius 3 is 2.23 bits per heavy atom. The molecule has 0 saturated heterocycles.